The molecule has 234 valence electrons. The molecule has 1 aromatic carbocycles. The quantitative estimate of drug-likeness (QED) is 0.206. The minimum atomic E-state index is -1.51. The van der Waals surface area contributed by atoms with Gasteiger partial charge in [0.15, 0.2) is 5.60 Å². The van der Waals surface area contributed by atoms with Crippen molar-refractivity contribution in [3.8, 4) is 6.07 Å². The van der Waals surface area contributed by atoms with Crippen LogP contribution in [0.15, 0.2) is 70.0 Å². The van der Waals surface area contributed by atoms with Crippen LogP contribution in [0.25, 0.3) is 0 Å². The number of fused-ring (bicyclic) bond motifs is 2. The molecular weight excluding hydrogens is 593 g/mol. The number of aliphatic hydroxyl groups is 1. The Labute approximate surface area is 265 Å². The van der Waals surface area contributed by atoms with Gasteiger partial charge >= 0.3 is 5.97 Å². The average Bonchev–Trinajstić information content (AvgIpc) is 3.30. The van der Waals surface area contributed by atoms with Crippen molar-refractivity contribution >= 4 is 34.7 Å². The highest BCUT2D eigenvalue weighted by Crippen LogP contribution is 2.90. The highest BCUT2D eigenvalue weighted by Gasteiger charge is 2.88. The summed E-state index contributed by atoms with van der Waals surface area (Å²) in [5.41, 5.74) is 0.494. The summed E-state index contributed by atoms with van der Waals surface area (Å²) in [5, 5.41) is 31.6. The number of ether oxygens (including phenoxy) is 1. The Hall–Kier alpha value is -3.52. The number of quaternary nitrogens is 1. The molecule has 0 radical (unpaired) electrons. The number of allylic oxidation sites excluding steroid dienone is 3. The molecule has 7 atom stereocenters. The minimum Gasteiger partial charge on any atom is -0.457 e. The molecule has 0 spiro atoms. The lowest BCUT2D eigenvalue weighted by molar-refractivity contribution is -0.513. The van der Waals surface area contributed by atoms with E-state index >= 15 is 0 Å². The molecule has 2 unspecified atom stereocenters. The molecule has 5 aliphatic rings. The number of furan rings is 1. The number of aliphatic hydroxyl groups excluding tert-OH is 1. The predicted molar refractivity (Wildman–Crippen MR) is 165 cm³/mol. The first-order chi connectivity index (χ1) is 21.5. The third-order valence-electron chi connectivity index (χ3n) is 12.4. The van der Waals surface area contributed by atoms with Crippen LogP contribution in [0.3, 0.4) is 0 Å². The van der Waals surface area contributed by atoms with Crippen molar-refractivity contribution < 1.29 is 33.6 Å². The third kappa shape index (κ3) is 3.93. The summed E-state index contributed by atoms with van der Waals surface area (Å²) in [6, 6.07) is 11.4. The van der Waals surface area contributed by atoms with Crippen molar-refractivity contribution in [3.05, 3.63) is 77.2 Å². The Bertz CT molecular complexity index is 1700. The lowest BCUT2D eigenvalue weighted by atomic mass is 9.45. The number of carbonyl (C=O) groups excluding carboxylic acids is 2. The Morgan fingerprint density at radius 2 is 2.04 bits per heavy atom. The molecule has 5 aliphatic carbocycles. The van der Waals surface area contributed by atoms with Gasteiger partial charge in [-0.05, 0) is 86.6 Å². The van der Waals surface area contributed by atoms with E-state index in [0.717, 1.165) is 48.0 Å². The zero-order valence-electron chi connectivity index (χ0n) is 25.4. The van der Waals surface area contributed by atoms with Crippen LogP contribution in [0.2, 0.25) is 0 Å². The fourth-order valence-corrected chi connectivity index (χ4v) is 11.3. The van der Waals surface area contributed by atoms with Crippen LogP contribution in [0.1, 0.15) is 69.3 Å². The second kappa shape index (κ2) is 10.2. The summed E-state index contributed by atoms with van der Waals surface area (Å²) in [5.74, 6) is -1.04. The molecule has 2 aromatic rings. The number of esters is 1. The lowest BCUT2D eigenvalue weighted by Crippen LogP contribution is -2.76. The Morgan fingerprint density at radius 3 is 2.73 bits per heavy atom. The van der Waals surface area contributed by atoms with Crippen molar-refractivity contribution in [2.75, 3.05) is 5.75 Å². The monoisotopic (exact) mass is 630 g/mol. The van der Waals surface area contributed by atoms with Gasteiger partial charge in [0.1, 0.15) is 17.2 Å². The second-order valence-electron chi connectivity index (χ2n) is 14.0. The molecule has 0 aliphatic heterocycles. The van der Waals surface area contributed by atoms with Gasteiger partial charge in [0, 0.05) is 40.2 Å². The number of nitriles is 1. The van der Waals surface area contributed by atoms with E-state index in [1.54, 1.807) is 18.2 Å². The SMILES string of the molecule is C[C@]12CC(C=N)=C([NH2+]c3ccc(F)cc3)C=C1CC[C@]13CC12[C@@H](O)C[C@@]1(C)C3CC[C@]1(OC(=O)c1ccco1)C(=O)SCC#N. The van der Waals surface area contributed by atoms with Crippen LogP contribution in [0, 0.1) is 50.1 Å². The number of nitrogens with two attached hydrogens (primary N) is 1. The maximum absolute atomic E-state index is 14.0. The van der Waals surface area contributed by atoms with Crippen molar-refractivity contribution in [2.24, 2.45) is 27.6 Å². The number of benzene rings is 1. The third-order valence-corrected chi connectivity index (χ3v) is 13.3. The fourth-order valence-electron chi connectivity index (χ4n) is 10.5. The number of carbonyl (C=O) groups is 2. The van der Waals surface area contributed by atoms with Gasteiger partial charge in [-0.15, -0.1) is 0 Å². The molecule has 1 aromatic heterocycles. The van der Waals surface area contributed by atoms with Crippen molar-refractivity contribution in [1.29, 1.82) is 10.7 Å². The molecule has 45 heavy (non-hydrogen) atoms. The van der Waals surface area contributed by atoms with Crippen LogP contribution in [-0.4, -0.2) is 39.9 Å². The topological polar surface area (TPSA) is 141 Å². The van der Waals surface area contributed by atoms with Crippen molar-refractivity contribution in [1.82, 2.24) is 0 Å². The zero-order chi connectivity index (χ0) is 31.8. The molecule has 1 heterocycles. The highest BCUT2D eigenvalue weighted by molar-refractivity contribution is 8.14. The van der Waals surface area contributed by atoms with E-state index in [-0.39, 0.29) is 40.2 Å². The Kier molecular flexibility index (Phi) is 6.86. The largest absolute Gasteiger partial charge is 0.457 e. The minimum absolute atomic E-state index is 0.0103. The van der Waals surface area contributed by atoms with Crippen LogP contribution < -0.4 is 5.32 Å². The van der Waals surface area contributed by atoms with Gasteiger partial charge in [0.05, 0.1) is 24.2 Å². The van der Waals surface area contributed by atoms with Gasteiger partial charge in [-0.2, -0.15) is 5.26 Å². The highest BCUT2D eigenvalue weighted by atomic mass is 32.2. The summed E-state index contributed by atoms with van der Waals surface area (Å²) in [6.45, 7) is 4.23. The number of hydrogen-bond acceptors (Lipinski definition) is 8. The average molecular weight is 631 g/mol. The summed E-state index contributed by atoms with van der Waals surface area (Å²) in [7, 11) is 0. The molecule has 4 fully saturated rings. The zero-order valence-corrected chi connectivity index (χ0v) is 26.2. The van der Waals surface area contributed by atoms with Gasteiger partial charge < -0.3 is 19.7 Å². The first-order valence-corrected chi connectivity index (χ1v) is 16.5. The number of nitrogens with one attached hydrogen (secondary N) is 1. The van der Waals surface area contributed by atoms with Crippen LogP contribution in [-0.2, 0) is 9.53 Å². The number of thioether (sulfide) groups is 1. The fraction of sp³-hybridized carbons (Fsp3) is 0.486. The van der Waals surface area contributed by atoms with E-state index in [1.807, 2.05) is 18.3 Å². The summed E-state index contributed by atoms with van der Waals surface area (Å²) in [4.78, 5) is 27.4. The first kappa shape index (κ1) is 30.2. The van der Waals surface area contributed by atoms with Crippen LogP contribution >= 0.6 is 11.8 Å². The van der Waals surface area contributed by atoms with Gasteiger partial charge in [0.2, 0.25) is 10.9 Å². The standard InChI is InChI=1S/C35H36FN3O5S/c1-31-17-21(19-38)25(39-24-7-5-23(36)6-8-24)16-22(31)9-11-33-20-34(31,33)28(40)18-32(2)27(33)10-12-35(32,30(42)45-15-13-37)44-29(41)26-4-3-14-43-26/h3-8,14,16,19,27-28,38-40H,9-12,15,17-18,20H2,1-2H3/p+1/t27?,28-,31-,32-,33+,34?,35-/m0/s1. The van der Waals surface area contributed by atoms with Gasteiger partial charge in [0.25, 0.3) is 0 Å². The smallest absolute Gasteiger partial charge is 0.375 e. The summed E-state index contributed by atoms with van der Waals surface area (Å²) >= 11 is 0.876. The Morgan fingerprint density at radius 1 is 1.27 bits per heavy atom. The molecule has 4 saturated carbocycles. The number of hydrogen-bond donors (Lipinski definition) is 3. The molecule has 0 bridgehead atoms. The second-order valence-corrected chi connectivity index (χ2v) is 14.9. The molecule has 0 amide bonds. The molecule has 0 saturated heterocycles. The number of halogens is 1. The van der Waals surface area contributed by atoms with Crippen molar-refractivity contribution in [2.45, 2.75) is 70.5 Å². The van der Waals surface area contributed by atoms with E-state index in [0.29, 0.717) is 19.3 Å². The van der Waals surface area contributed by atoms with Gasteiger partial charge in [-0.1, -0.05) is 31.2 Å². The molecule has 4 N–H and O–H groups in total. The van der Waals surface area contributed by atoms with E-state index in [1.165, 1.54) is 36.2 Å². The van der Waals surface area contributed by atoms with E-state index in [4.69, 9.17) is 14.6 Å². The maximum Gasteiger partial charge on any atom is 0.375 e. The molecule has 7 rings (SSSR count). The van der Waals surface area contributed by atoms with Crippen molar-refractivity contribution in [3.63, 3.8) is 0 Å². The molecule has 10 heteroatoms. The summed E-state index contributed by atoms with van der Waals surface area (Å²) in [6.07, 6.45) is 8.54. The Balaban J connectivity index is 1.25. The molecular formula is C35H37FN3O5S+. The van der Waals surface area contributed by atoms with E-state index < -0.39 is 33.9 Å². The van der Waals surface area contributed by atoms with Gasteiger partial charge in [-0.3, -0.25) is 10.1 Å². The number of rotatable bonds is 7. The predicted octanol–water partition coefficient (Wildman–Crippen LogP) is 5.58. The number of nitrogens with zero attached hydrogens (tertiary/aromatic N) is 1. The molecule has 8 nitrogen and oxygen atoms in total. The van der Waals surface area contributed by atoms with Crippen LogP contribution in [0.5, 0.6) is 0 Å². The lowest BCUT2D eigenvalue weighted by Gasteiger charge is -2.60. The van der Waals surface area contributed by atoms with Gasteiger partial charge in [-0.25, -0.2) is 9.18 Å². The normalized spacial score (nSPS) is 37.7. The van der Waals surface area contributed by atoms with E-state index in [2.05, 4.69) is 13.0 Å². The first-order valence-electron chi connectivity index (χ1n) is 15.5. The van der Waals surface area contributed by atoms with Crippen LogP contribution in [0.4, 0.5) is 10.1 Å². The summed E-state index contributed by atoms with van der Waals surface area (Å²) < 4.78 is 25.1. The maximum atomic E-state index is 14.0. The van der Waals surface area contributed by atoms with E-state index in [9.17, 15) is 24.3 Å².